The molecule has 2 aromatic heterocycles. The summed E-state index contributed by atoms with van der Waals surface area (Å²) in [6.45, 7) is 1.95. The van der Waals surface area contributed by atoms with Crippen LogP contribution in [0.25, 0.3) is 0 Å². The Bertz CT molecular complexity index is 837. The van der Waals surface area contributed by atoms with Gasteiger partial charge in [0, 0.05) is 28.3 Å². The second kappa shape index (κ2) is 6.46. The average Bonchev–Trinajstić information content (AvgIpc) is 3.17. The molecule has 2 atom stereocenters. The molecule has 26 heavy (non-hydrogen) atoms. The van der Waals surface area contributed by atoms with Crippen molar-refractivity contribution in [2.45, 2.75) is 56.5 Å². The van der Waals surface area contributed by atoms with Crippen LogP contribution in [0.3, 0.4) is 0 Å². The highest BCUT2D eigenvalue weighted by Gasteiger charge is 2.52. The van der Waals surface area contributed by atoms with Crippen molar-refractivity contribution in [3.63, 3.8) is 0 Å². The predicted molar refractivity (Wildman–Crippen MR) is 99.2 cm³/mol. The fraction of sp³-hybridized carbons (Fsp3) is 0.474. The molecule has 0 radical (unpaired) electrons. The molecule has 7 heteroatoms. The van der Waals surface area contributed by atoms with Crippen LogP contribution in [0.15, 0.2) is 30.6 Å². The molecule has 2 fully saturated rings. The molecule has 2 aliphatic carbocycles. The smallest absolute Gasteiger partial charge is 0.280 e. The number of carbonyl (C=O) groups is 2. The summed E-state index contributed by atoms with van der Waals surface area (Å²) >= 11 is 1.41. The van der Waals surface area contributed by atoms with Crippen molar-refractivity contribution in [1.82, 2.24) is 20.6 Å². The van der Waals surface area contributed by atoms with E-state index in [-0.39, 0.29) is 22.9 Å². The molecule has 2 aliphatic rings. The summed E-state index contributed by atoms with van der Waals surface area (Å²) in [4.78, 5) is 34.5. The zero-order valence-corrected chi connectivity index (χ0v) is 15.6. The van der Waals surface area contributed by atoms with Crippen molar-refractivity contribution in [2.75, 3.05) is 0 Å². The van der Waals surface area contributed by atoms with Crippen molar-refractivity contribution in [1.29, 1.82) is 0 Å². The Morgan fingerprint density at radius 2 is 1.77 bits per heavy atom. The van der Waals surface area contributed by atoms with E-state index < -0.39 is 0 Å². The van der Waals surface area contributed by atoms with Crippen LogP contribution in [0.2, 0.25) is 0 Å². The van der Waals surface area contributed by atoms with Gasteiger partial charge in [-0.15, -0.1) is 11.3 Å². The summed E-state index contributed by atoms with van der Waals surface area (Å²) in [5.41, 5.74) is -0.0575. The highest BCUT2D eigenvalue weighted by atomic mass is 32.1. The van der Waals surface area contributed by atoms with E-state index in [4.69, 9.17) is 0 Å². The number of pyridine rings is 1. The van der Waals surface area contributed by atoms with Crippen LogP contribution in [-0.2, 0) is 0 Å². The van der Waals surface area contributed by atoms with Crippen molar-refractivity contribution in [3.05, 3.63) is 46.2 Å². The lowest BCUT2D eigenvalue weighted by Crippen LogP contribution is -2.55. The number of nitrogens with one attached hydrogen (secondary N) is 2. The minimum atomic E-state index is -0.251. The number of hydrogen-bond donors (Lipinski definition) is 2. The quantitative estimate of drug-likeness (QED) is 0.867. The molecule has 0 aliphatic heterocycles. The second-order valence-electron chi connectivity index (χ2n) is 7.49. The van der Waals surface area contributed by atoms with Gasteiger partial charge in [0.25, 0.3) is 11.8 Å². The van der Waals surface area contributed by atoms with Crippen LogP contribution in [0, 0.1) is 6.92 Å². The highest BCUT2D eigenvalue weighted by Crippen LogP contribution is 2.48. The average molecular weight is 370 g/mol. The van der Waals surface area contributed by atoms with Crippen LogP contribution in [0.4, 0.5) is 0 Å². The van der Waals surface area contributed by atoms with Gasteiger partial charge in [-0.25, -0.2) is 4.98 Å². The Hall–Kier alpha value is -2.28. The Labute approximate surface area is 156 Å². The van der Waals surface area contributed by atoms with E-state index in [0.29, 0.717) is 10.7 Å². The van der Waals surface area contributed by atoms with Gasteiger partial charge in [0.05, 0.1) is 0 Å². The number of nitrogens with zero attached hydrogens (tertiary/aromatic N) is 2. The van der Waals surface area contributed by atoms with Crippen molar-refractivity contribution in [2.24, 2.45) is 0 Å². The minimum absolute atomic E-state index is 0.100. The van der Waals surface area contributed by atoms with E-state index in [9.17, 15) is 9.59 Å². The molecule has 2 amide bonds. The predicted octanol–water partition coefficient (Wildman–Crippen LogP) is 2.85. The number of carbonyl (C=O) groups excluding carboxylic acids is 2. The number of hydrogen-bond acceptors (Lipinski definition) is 5. The van der Waals surface area contributed by atoms with E-state index in [0.717, 1.165) is 43.4 Å². The maximum Gasteiger partial charge on any atom is 0.280 e. The molecule has 6 nitrogen and oxygen atoms in total. The molecule has 2 bridgehead atoms. The Kier molecular flexibility index (Phi) is 4.26. The fourth-order valence-corrected chi connectivity index (χ4v) is 5.05. The summed E-state index contributed by atoms with van der Waals surface area (Å²) in [6.07, 6.45) is 8.76. The standard InChI is InChI=1S/C19H22N4O2S/c1-13-11-21-17(26-13)16(25)23-19-7-4-6-18(12-19,8-9-19)22-15(24)14-5-2-3-10-20-14/h2-3,5,10-11H,4,6-9,12H2,1H3,(H,22,24)(H,23,25). The van der Waals surface area contributed by atoms with Crippen LogP contribution in [0.5, 0.6) is 0 Å². The van der Waals surface area contributed by atoms with Gasteiger partial charge in [0.2, 0.25) is 0 Å². The van der Waals surface area contributed by atoms with E-state index >= 15 is 0 Å². The summed E-state index contributed by atoms with van der Waals surface area (Å²) in [6, 6.07) is 5.34. The lowest BCUT2D eigenvalue weighted by molar-refractivity contribution is 0.0829. The molecule has 2 aromatic rings. The number of aromatic nitrogens is 2. The third kappa shape index (κ3) is 3.23. The molecule has 4 rings (SSSR count). The second-order valence-corrected chi connectivity index (χ2v) is 8.73. The Morgan fingerprint density at radius 1 is 1.04 bits per heavy atom. The van der Waals surface area contributed by atoms with E-state index in [1.807, 2.05) is 13.0 Å². The molecule has 0 spiro atoms. The third-order valence-corrected chi connectivity index (χ3v) is 6.45. The monoisotopic (exact) mass is 370 g/mol. The SMILES string of the molecule is Cc1cnc(C(=O)NC23CCCC(NC(=O)c4ccccn4)(CC2)C3)s1. The van der Waals surface area contributed by atoms with Crippen molar-refractivity contribution >= 4 is 23.2 Å². The summed E-state index contributed by atoms with van der Waals surface area (Å²) in [7, 11) is 0. The largest absolute Gasteiger partial charge is 0.345 e. The number of aryl methyl sites for hydroxylation is 1. The first-order chi connectivity index (χ1) is 12.5. The molecule has 2 N–H and O–H groups in total. The lowest BCUT2D eigenvalue weighted by atomic mass is 9.78. The van der Waals surface area contributed by atoms with Gasteiger partial charge < -0.3 is 10.6 Å². The van der Waals surface area contributed by atoms with Crippen LogP contribution >= 0.6 is 11.3 Å². The summed E-state index contributed by atoms with van der Waals surface area (Å²) in [5.74, 6) is -0.234. The molecule has 2 saturated carbocycles. The molecule has 136 valence electrons. The van der Waals surface area contributed by atoms with Gasteiger partial charge >= 0.3 is 0 Å². The first-order valence-electron chi connectivity index (χ1n) is 8.98. The fourth-order valence-electron chi connectivity index (χ4n) is 4.39. The first kappa shape index (κ1) is 17.1. The minimum Gasteiger partial charge on any atom is -0.345 e. The van der Waals surface area contributed by atoms with Gasteiger partial charge in [-0.1, -0.05) is 6.07 Å². The molecule has 0 aromatic carbocycles. The number of amides is 2. The number of rotatable bonds is 4. The number of fused-ring (bicyclic) bond motifs is 2. The zero-order valence-electron chi connectivity index (χ0n) is 14.7. The van der Waals surface area contributed by atoms with Gasteiger partial charge in [0.1, 0.15) is 5.69 Å². The van der Waals surface area contributed by atoms with E-state index in [1.165, 1.54) is 11.3 Å². The zero-order chi connectivity index (χ0) is 18.2. The first-order valence-corrected chi connectivity index (χ1v) is 9.80. The van der Waals surface area contributed by atoms with E-state index in [1.54, 1.807) is 24.5 Å². The Balaban J connectivity index is 1.47. The molecule has 2 heterocycles. The van der Waals surface area contributed by atoms with Gasteiger partial charge in [0.15, 0.2) is 5.01 Å². The van der Waals surface area contributed by atoms with Crippen LogP contribution < -0.4 is 10.6 Å². The molecular weight excluding hydrogens is 348 g/mol. The number of thiazole rings is 1. The normalized spacial score (nSPS) is 27.1. The van der Waals surface area contributed by atoms with Crippen LogP contribution in [0.1, 0.15) is 63.7 Å². The lowest BCUT2D eigenvalue weighted by Gasteiger charge is -2.40. The van der Waals surface area contributed by atoms with E-state index in [2.05, 4.69) is 20.6 Å². The maximum absolute atomic E-state index is 12.6. The van der Waals surface area contributed by atoms with Gasteiger partial charge in [-0.3, -0.25) is 14.6 Å². The van der Waals surface area contributed by atoms with Crippen LogP contribution in [-0.4, -0.2) is 32.9 Å². The maximum atomic E-state index is 12.6. The Morgan fingerprint density at radius 3 is 2.38 bits per heavy atom. The van der Waals surface area contributed by atoms with Gasteiger partial charge in [-0.05, 0) is 57.6 Å². The summed E-state index contributed by atoms with van der Waals surface area (Å²) in [5, 5.41) is 6.96. The molecule has 0 saturated heterocycles. The van der Waals surface area contributed by atoms with Crippen molar-refractivity contribution in [3.8, 4) is 0 Å². The summed E-state index contributed by atoms with van der Waals surface area (Å²) < 4.78 is 0. The topological polar surface area (TPSA) is 84.0 Å². The molecular formula is C19H22N4O2S. The third-order valence-electron chi connectivity index (χ3n) is 5.54. The van der Waals surface area contributed by atoms with Gasteiger partial charge in [-0.2, -0.15) is 0 Å². The molecule has 2 unspecified atom stereocenters. The van der Waals surface area contributed by atoms with Crippen molar-refractivity contribution < 1.29 is 9.59 Å². The highest BCUT2D eigenvalue weighted by molar-refractivity contribution is 7.13.